The van der Waals surface area contributed by atoms with Crippen LogP contribution in [-0.4, -0.2) is 53.0 Å². The molecular formula is C12H15N5O3. The van der Waals surface area contributed by atoms with Crippen LogP contribution in [0.25, 0.3) is 5.69 Å². The summed E-state index contributed by atoms with van der Waals surface area (Å²) in [4.78, 5) is 11.6. The van der Waals surface area contributed by atoms with Gasteiger partial charge in [-0.25, -0.2) is 4.68 Å². The number of benzene rings is 1. The van der Waals surface area contributed by atoms with E-state index in [1.165, 1.54) is 11.0 Å². The maximum Gasteiger partial charge on any atom is 0.250 e. The van der Waals surface area contributed by atoms with Crippen molar-refractivity contribution in [1.82, 2.24) is 20.2 Å². The molecule has 0 unspecified atom stereocenters. The second kappa shape index (κ2) is 7.31. The monoisotopic (exact) mass is 277 g/mol. The summed E-state index contributed by atoms with van der Waals surface area (Å²) in [7, 11) is 1.58. The molecule has 0 fully saturated rings. The van der Waals surface area contributed by atoms with Gasteiger partial charge in [0.05, 0.1) is 18.9 Å². The van der Waals surface area contributed by atoms with Gasteiger partial charge in [0, 0.05) is 12.8 Å². The highest BCUT2D eigenvalue weighted by Gasteiger charge is 2.04. The van der Waals surface area contributed by atoms with Crippen LogP contribution in [0.5, 0.6) is 0 Å². The fraction of sp³-hybridized carbons (Fsp3) is 0.333. The third kappa shape index (κ3) is 4.11. The Labute approximate surface area is 115 Å². The Bertz CT molecular complexity index is 544. The topological polar surface area (TPSA) is 91.2 Å². The molecule has 0 aliphatic rings. The highest BCUT2D eigenvalue weighted by molar-refractivity contribution is 5.91. The van der Waals surface area contributed by atoms with E-state index in [1.54, 1.807) is 25.3 Å². The molecule has 0 atom stereocenters. The average molecular weight is 277 g/mol. The normalized spacial score (nSPS) is 10.4. The molecule has 0 radical (unpaired) electrons. The first-order valence-electron chi connectivity index (χ1n) is 5.99. The number of hydrogen-bond donors (Lipinski definition) is 1. The van der Waals surface area contributed by atoms with E-state index in [-0.39, 0.29) is 12.5 Å². The highest BCUT2D eigenvalue weighted by atomic mass is 16.5. The van der Waals surface area contributed by atoms with Gasteiger partial charge in [-0.15, -0.1) is 5.10 Å². The van der Waals surface area contributed by atoms with E-state index >= 15 is 0 Å². The van der Waals surface area contributed by atoms with Crippen LogP contribution in [0.15, 0.2) is 30.6 Å². The summed E-state index contributed by atoms with van der Waals surface area (Å²) in [5, 5.41) is 13.6. The Kier molecular flexibility index (Phi) is 5.15. The molecule has 0 aliphatic heterocycles. The largest absolute Gasteiger partial charge is 0.382 e. The zero-order chi connectivity index (χ0) is 14.2. The van der Waals surface area contributed by atoms with Crippen molar-refractivity contribution in [3.8, 4) is 5.69 Å². The van der Waals surface area contributed by atoms with Gasteiger partial charge in [0.25, 0.3) is 0 Å². The number of nitrogens with zero attached hydrogens (tertiary/aromatic N) is 4. The molecule has 0 spiro atoms. The van der Waals surface area contributed by atoms with Crippen LogP contribution in [0.1, 0.15) is 0 Å². The van der Waals surface area contributed by atoms with Gasteiger partial charge >= 0.3 is 0 Å². The Hall–Kier alpha value is -2.32. The third-order valence-corrected chi connectivity index (χ3v) is 2.41. The van der Waals surface area contributed by atoms with E-state index < -0.39 is 0 Å². The molecule has 20 heavy (non-hydrogen) atoms. The number of amides is 1. The first kappa shape index (κ1) is 14.1. The van der Waals surface area contributed by atoms with Crippen LogP contribution in [0.3, 0.4) is 0 Å². The summed E-state index contributed by atoms with van der Waals surface area (Å²) in [6, 6.07) is 7.18. The van der Waals surface area contributed by atoms with E-state index in [0.717, 1.165) is 5.69 Å². The van der Waals surface area contributed by atoms with Gasteiger partial charge in [-0.3, -0.25) is 4.79 Å². The summed E-state index contributed by atoms with van der Waals surface area (Å²) in [5.41, 5.74) is 1.41. The zero-order valence-corrected chi connectivity index (χ0v) is 11.0. The molecule has 1 aromatic carbocycles. The molecule has 106 valence electrons. The minimum atomic E-state index is -0.227. The number of rotatable bonds is 7. The molecule has 1 amide bonds. The average Bonchev–Trinajstić information content (AvgIpc) is 2.98. The number of aromatic nitrogens is 4. The minimum Gasteiger partial charge on any atom is -0.382 e. The Balaban J connectivity index is 1.90. The quantitative estimate of drug-likeness (QED) is 0.730. The van der Waals surface area contributed by atoms with Crippen molar-refractivity contribution in [3.05, 3.63) is 30.6 Å². The highest BCUT2D eigenvalue weighted by Crippen LogP contribution is 2.13. The van der Waals surface area contributed by atoms with Crippen LogP contribution < -0.4 is 5.32 Å². The molecule has 0 aliphatic carbocycles. The smallest absolute Gasteiger partial charge is 0.250 e. The number of carbonyl (C=O) groups is 1. The Morgan fingerprint density at radius 1 is 1.40 bits per heavy atom. The zero-order valence-electron chi connectivity index (χ0n) is 11.0. The molecular weight excluding hydrogens is 262 g/mol. The van der Waals surface area contributed by atoms with E-state index in [9.17, 15) is 4.79 Å². The Morgan fingerprint density at radius 2 is 2.30 bits per heavy atom. The number of carbonyl (C=O) groups excluding carboxylic acids is 1. The van der Waals surface area contributed by atoms with Crippen LogP contribution in [0.4, 0.5) is 5.69 Å². The maximum atomic E-state index is 11.6. The van der Waals surface area contributed by atoms with Crippen molar-refractivity contribution in [1.29, 1.82) is 0 Å². The number of ether oxygens (including phenoxy) is 2. The molecule has 2 rings (SSSR count). The first-order valence-corrected chi connectivity index (χ1v) is 5.99. The number of nitrogens with one attached hydrogen (secondary N) is 1. The molecule has 0 saturated heterocycles. The fourth-order valence-corrected chi connectivity index (χ4v) is 1.51. The Morgan fingerprint density at radius 3 is 3.05 bits per heavy atom. The molecule has 0 bridgehead atoms. The second-order valence-electron chi connectivity index (χ2n) is 3.90. The van der Waals surface area contributed by atoms with Gasteiger partial charge in [-0.2, -0.15) is 0 Å². The number of hydrogen-bond acceptors (Lipinski definition) is 6. The molecule has 1 heterocycles. The van der Waals surface area contributed by atoms with E-state index in [4.69, 9.17) is 9.47 Å². The summed E-state index contributed by atoms with van der Waals surface area (Å²) in [6.07, 6.45) is 1.48. The molecule has 2 aromatic rings. The molecule has 0 saturated carbocycles. The standard InChI is InChI=1S/C12H15N5O3/c1-19-5-6-20-8-12(18)14-10-3-2-4-11(7-10)17-9-13-15-16-17/h2-4,7,9H,5-6,8H2,1H3,(H,14,18). The van der Waals surface area contributed by atoms with Gasteiger partial charge < -0.3 is 14.8 Å². The SMILES string of the molecule is COCCOCC(=O)Nc1cccc(-n2cnnn2)c1. The summed E-state index contributed by atoms with van der Waals surface area (Å²) < 4.78 is 11.5. The van der Waals surface area contributed by atoms with Crippen molar-refractivity contribution in [3.63, 3.8) is 0 Å². The van der Waals surface area contributed by atoms with Crippen LogP contribution in [0.2, 0.25) is 0 Å². The van der Waals surface area contributed by atoms with Gasteiger partial charge in [-0.05, 0) is 28.6 Å². The lowest BCUT2D eigenvalue weighted by molar-refractivity contribution is -0.121. The maximum absolute atomic E-state index is 11.6. The number of methoxy groups -OCH3 is 1. The van der Waals surface area contributed by atoms with Crippen LogP contribution in [-0.2, 0) is 14.3 Å². The minimum absolute atomic E-state index is 0.0154. The van der Waals surface area contributed by atoms with Crippen molar-refractivity contribution in [2.45, 2.75) is 0 Å². The molecule has 1 aromatic heterocycles. The first-order chi connectivity index (χ1) is 9.79. The lowest BCUT2D eigenvalue weighted by Gasteiger charge is -2.07. The summed E-state index contributed by atoms with van der Waals surface area (Å²) in [6.45, 7) is 0.828. The lowest BCUT2D eigenvalue weighted by atomic mass is 10.3. The van der Waals surface area contributed by atoms with Gasteiger partial charge in [0.15, 0.2) is 0 Å². The van der Waals surface area contributed by atoms with E-state index in [2.05, 4.69) is 20.8 Å². The molecule has 8 nitrogen and oxygen atoms in total. The van der Waals surface area contributed by atoms with Crippen LogP contribution in [0, 0.1) is 0 Å². The van der Waals surface area contributed by atoms with Crippen molar-refractivity contribution in [2.24, 2.45) is 0 Å². The lowest BCUT2D eigenvalue weighted by Crippen LogP contribution is -2.19. The summed E-state index contributed by atoms with van der Waals surface area (Å²) >= 11 is 0. The van der Waals surface area contributed by atoms with E-state index in [0.29, 0.717) is 18.9 Å². The van der Waals surface area contributed by atoms with Gasteiger partial charge in [0.2, 0.25) is 5.91 Å². The summed E-state index contributed by atoms with van der Waals surface area (Å²) in [5.74, 6) is -0.227. The van der Waals surface area contributed by atoms with Crippen molar-refractivity contribution in [2.75, 3.05) is 32.2 Å². The fourth-order valence-electron chi connectivity index (χ4n) is 1.51. The van der Waals surface area contributed by atoms with Crippen molar-refractivity contribution < 1.29 is 14.3 Å². The number of tetrazole rings is 1. The molecule has 8 heteroatoms. The van der Waals surface area contributed by atoms with Gasteiger partial charge in [0.1, 0.15) is 12.9 Å². The second-order valence-corrected chi connectivity index (χ2v) is 3.90. The van der Waals surface area contributed by atoms with Crippen LogP contribution >= 0.6 is 0 Å². The number of anilines is 1. The van der Waals surface area contributed by atoms with E-state index in [1.807, 2.05) is 6.07 Å². The molecule has 1 N–H and O–H groups in total. The third-order valence-electron chi connectivity index (χ3n) is 2.41. The van der Waals surface area contributed by atoms with Crippen molar-refractivity contribution >= 4 is 11.6 Å². The van der Waals surface area contributed by atoms with Gasteiger partial charge in [-0.1, -0.05) is 6.07 Å². The predicted molar refractivity (Wildman–Crippen MR) is 70.5 cm³/mol. The predicted octanol–water partition coefficient (Wildman–Crippen LogP) is 0.264.